The number of anilines is 2. The normalized spacial score (nSPS) is 11.9. The maximum absolute atomic E-state index is 12.5. The van der Waals surface area contributed by atoms with Crippen LogP contribution < -0.4 is 10.6 Å². The molecule has 0 aliphatic carbocycles. The Morgan fingerprint density at radius 1 is 1.10 bits per heavy atom. The lowest BCUT2D eigenvalue weighted by molar-refractivity contribution is -0.115. The molecule has 6 nitrogen and oxygen atoms in total. The monoisotopic (exact) mass is 429 g/mol. The number of rotatable bonds is 8. The molecule has 0 spiro atoms. The van der Waals surface area contributed by atoms with Gasteiger partial charge in [-0.1, -0.05) is 41.1 Å². The van der Waals surface area contributed by atoms with Crippen molar-refractivity contribution in [3.05, 3.63) is 64.9 Å². The Balaban J connectivity index is 1.61. The molecule has 0 bridgehead atoms. The van der Waals surface area contributed by atoms with Crippen LogP contribution in [0.2, 0.25) is 5.02 Å². The average Bonchev–Trinajstić information content (AvgIpc) is 3.10. The van der Waals surface area contributed by atoms with Crippen molar-refractivity contribution in [2.75, 3.05) is 10.6 Å². The lowest BCUT2D eigenvalue weighted by Crippen LogP contribution is -2.23. The summed E-state index contributed by atoms with van der Waals surface area (Å²) < 4.78 is 2.02. The lowest BCUT2D eigenvalue weighted by Gasteiger charge is -2.13. The Morgan fingerprint density at radius 2 is 1.76 bits per heavy atom. The molecule has 0 saturated carbocycles. The quantitative estimate of drug-likeness (QED) is 0.493. The van der Waals surface area contributed by atoms with Crippen LogP contribution in [-0.2, 0) is 17.9 Å². The third-order valence-electron chi connectivity index (χ3n) is 4.38. The molecule has 1 heterocycles. The molecule has 3 aromatic rings. The second-order valence-corrected chi connectivity index (χ2v) is 8.36. The largest absolute Gasteiger partial charge is 0.378 e. The third-order valence-corrected chi connectivity index (χ3v) is 5.71. The van der Waals surface area contributed by atoms with Gasteiger partial charge in [-0.05, 0) is 57.2 Å². The van der Waals surface area contributed by atoms with Crippen LogP contribution in [0.4, 0.5) is 11.4 Å². The number of benzene rings is 2. The van der Waals surface area contributed by atoms with Gasteiger partial charge in [-0.3, -0.25) is 4.79 Å². The molecule has 29 heavy (non-hydrogen) atoms. The molecule has 0 aliphatic rings. The zero-order valence-electron chi connectivity index (χ0n) is 16.6. The second kappa shape index (κ2) is 9.80. The Hall–Kier alpha value is -2.51. The van der Waals surface area contributed by atoms with E-state index in [1.54, 1.807) is 0 Å². The summed E-state index contributed by atoms with van der Waals surface area (Å²) in [5, 5.41) is 16.0. The summed E-state index contributed by atoms with van der Waals surface area (Å²) in [5.74, 6) is 0.751. The summed E-state index contributed by atoms with van der Waals surface area (Å²) in [4.78, 5) is 12.5. The fourth-order valence-electron chi connectivity index (χ4n) is 2.70. The van der Waals surface area contributed by atoms with Gasteiger partial charge in [-0.2, -0.15) is 0 Å². The van der Waals surface area contributed by atoms with E-state index in [0.717, 1.165) is 34.5 Å². The van der Waals surface area contributed by atoms with Gasteiger partial charge in [-0.15, -0.1) is 10.2 Å². The first-order chi connectivity index (χ1) is 14.0. The molecule has 0 saturated heterocycles. The van der Waals surface area contributed by atoms with Crippen molar-refractivity contribution >= 4 is 40.6 Å². The van der Waals surface area contributed by atoms with E-state index in [9.17, 15) is 4.79 Å². The lowest BCUT2D eigenvalue weighted by atomic mass is 10.2. The number of amides is 1. The number of thioether (sulfide) groups is 1. The van der Waals surface area contributed by atoms with Crippen molar-refractivity contribution in [3.8, 4) is 0 Å². The molecule has 0 aliphatic heterocycles. The summed E-state index contributed by atoms with van der Waals surface area (Å²) in [5.41, 5.74) is 2.90. The highest BCUT2D eigenvalue weighted by molar-refractivity contribution is 8.00. The molecule has 152 valence electrons. The van der Waals surface area contributed by atoms with Gasteiger partial charge in [0.25, 0.3) is 0 Å². The highest BCUT2D eigenvalue weighted by Gasteiger charge is 2.19. The molecule has 0 radical (unpaired) electrons. The fourth-order valence-corrected chi connectivity index (χ4v) is 3.75. The fraction of sp³-hybridized carbons (Fsp3) is 0.286. The predicted octanol–water partition coefficient (Wildman–Crippen LogP) is 4.99. The number of nitrogens with one attached hydrogen (secondary N) is 2. The third kappa shape index (κ3) is 5.74. The van der Waals surface area contributed by atoms with E-state index in [-0.39, 0.29) is 11.2 Å². The van der Waals surface area contributed by atoms with Gasteiger partial charge in [0, 0.05) is 22.9 Å². The van der Waals surface area contributed by atoms with Gasteiger partial charge in [0.05, 0.1) is 11.8 Å². The van der Waals surface area contributed by atoms with Crippen LogP contribution >= 0.6 is 23.4 Å². The van der Waals surface area contributed by atoms with Crippen LogP contribution in [0.25, 0.3) is 0 Å². The summed E-state index contributed by atoms with van der Waals surface area (Å²) in [6.07, 6.45) is 0. The molecule has 1 aromatic heterocycles. The first-order valence-corrected chi connectivity index (χ1v) is 10.7. The van der Waals surface area contributed by atoms with Crippen LogP contribution in [0.15, 0.2) is 53.7 Å². The van der Waals surface area contributed by atoms with Crippen LogP contribution in [0.1, 0.15) is 25.2 Å². The molecule has 2 aromatic carbocycles. The van der Waals surface area contributed by atoms with Crippen LogP contribution in [0, 0.1) is 6.92 Å². The van der Waals surface area contributed by atoms with E-state index in [1.807, 2.05) is 73.9 Å². The van der Waals surface area contributed by atoms with Gasteiger partial charge in [0.2, 0.25) is 5.91 Å². The van der Waals surface area contributed by atoms with E-state index in [1.165, 1.54) is 11.8 Å². The second-order valence-electron chi connectivity index (χ2n) is 6.62. The Labute approximate surface area is 180 Å². The Kier molecular flexibility index (Phi) is 7.17. The smallest absolute Gasteiger partial charge is 0.237 e. The number of hydrogen-bond donors (Lipinski definition) is 2. The highest BCUT2D eigenvalue weighted by atomic mass is 35.5. The van der Waals surface area contributed by atoms with E-state index < -0.39 is 0 Å². The number of nitrogens with zero attached hydrogens (tertiary/aromatic N) is 3. The highest BCUT2D eigenvalue weighted by Crippen LogP contribution is 2.24. The summed E-state index contributed by atoms with van der Waals surface area (Å²) in [6, 6.07) is 15.3. The van der Waals surface area contributed by atoms with Crippen molar-refractivity contribution in [2.24, 2.45) is 0 Å². The summed E-state index contributed by atoms with van der Waals surface area (Å²) in [6.45, 7) is 7.18. The molecule has 2 N–H and O–H groups in total. The van der Waals surface area contributed by atoms with E-state index in [2.05, 4.69) is 20.8 Å². The van der Waals surface area contributed by atoms with Gasteiger partial charge in [0.1, 0.15) is 0 Å². The average molecular weight is 430 g/mol. The zero-order valence-corrected chi connectivity index (χ0v) is 18.2. The van der Waals surface area contributed by atoms with Crippen molar-refractivity contribution in [1.29, 1.82) is 0 Å². The molecular weight excluding hydrogens is 406 g/mol. The maximum atomic E-state index is 12.5. The van der Waals surface area contributed by atoms with Crippen LogP contribution in [0.5, 0.6) is 0 Å². The van der Waals surface area contributed by atoms with Crippen LogP contribution in [0.3, 0.4) is 0 Å². The minimum Gasteiger partial charge on any atom is -0.378 e. The van der Waals surface area contributed by atoms with Gasteiger partial charge >= 0.3 is 0 Å². The Morgan fingerprint density at radius 3 is 2.41 bits per heavy atom. The van der Waals surface area contributed by atoms with E-state index >= 15 is 0 Å². The van der Waals surface area contributed by atoms with E-state index in [4.69, 9.17) is 11.6 Å². The van der Waals surface area contributed by atoms with Gasteiger partial charge < -0.3 is 15.2 Å². The zero-order chi connectivity index (χ0) is 20.8. The maximum Gasteiger partial charge on any atom is 0.237 e. The first-order valence-electron chi connectivity index (χ1n) is 9.42. The van der Waals surface area contributed by atoms with Crippen molar-refractivity contribution in [1.82, 2.24) is 14.8 Å². The number of carbonyl (C=O) groups excluding carboxylic acids is 1. The number of aromatic nitrogens is 3. The standard InChI is InChI=1S/C21H24ClN5OS/c1-4-27-19(13-23-17-11-7-16(22)8-12-17)25-26-21(27)29-15(3)20(28)24-18-9-5-14(2)6-10-18/h5-12,15,23H,4,13H2,1-3H3,(H,24,28)/t15-/m0/s1. The molecule has 3 rings (SSSR count). The topological polar surface area (TPSA) is 71.8 Å². The van der Waals surface area contributed by atoms with Crippen molar-refractivity contribution < 1.29 is 4.79 Å². The van der Waals surface area contributed by atoms with Crippen molar-refractivity contribution in [3.63, 3.8) is 0 Å². The van der Waals surface area contributed by atoms with Gasteiger partial charge in [0.15, 0.2) is 11.0 Å². The SMILES string of the molecule is CCn1c(CNc2ccc(Cl)cc2)nnc1S[C@@H](C)C(=O)Nc1ccc(C)cc1. The molecular formula is C21H24ClN5OS. The number of halogens is 1. The summed E-state index contributed by atoms with van der Waals surface area (Å²) in [7, 11) is 0. The minimum absolute atomic E-state index is 0.0645. The number of carbonyl (C=O) groups is 1. The number of aryl methyl sites for hydroxylation is 1. The molecule has 8 heteroatoms. The van der Waals surface area contributed by atoms with Crippen molar-refractivity contribution in [2.45, 2.75) is 44.3 Å². The molecule has 1 amide bonds. The van der Waals surface area contributed by atoms with Gasteiger partial charge in [-0.25, -0.2) is 0 Å². The Bertz CT molecular complexity index is 956. The first kappa shape index (κ1) is 21.2. The van der Waals surface area contributed by atoms with Crippen LogP contribution in [-0.4, -0.2) is 25.9 Å². The molecule has 0 unspecified atom stereocenters. The molecule has 0 fully saturated rings. The molecule has 1 atom stereocenters. The number of hydrogen-bond acceptors (Lipinski definition) is 5. The summed E-state index contributed by atoms with van der Waals surface area (Å²) >= 11 is 7.32. The van der Waals surface area contributed by atoms with E-state index in [0.29, 0.717) is 11.6 Å². The minimum atomic E-state index is -0.303. The predicted molar refractivity (Wildman–Crippen MR) is 120 cm³/mol.